The van der Waals surface area contributed by atoms with Gasteiger partial charge in [0, 0.05) is 5.38 Å². The van der Waals surface area contributed by atoms with Gasteiger partial charge < -0.3 is 15.8 Å². The number of primary amides is 1. The molecule has 3 N–H and O–H groups in total. The van der Waals surface area contributed by atoms with E-state index in [1.54, 1.807) is 17.5 Å². The summed E-state index contributed by atoms with van der Waals surface area (Å²) in [5, 5.41) is 4.77. The van der Waals surface area contributed by atoms with E-state index in [9.17, 15) is 9.59 Å². The topological polar surface area (TPSA) is 81.4 Å². The van der Waals surface area contributed by atoms with Crippen LogP contribution in [0, 0.1) is 0 Å². The molecule has 1 aromatic carbocycles. The van der Waals surface area contributed by atoms with Crippen LogP contribution in [0.15, 0.2) is 35.7 Å². The predicted octanol–water partition coefficient (Wildman–Crippen LogP) is 2.31. The van der Waals surface area contributed by atoms with Crippen LogP contribution in [0.25, 0.3) is 0 Å². The lowest BCUT2D eigenvalue weighted by Crippen LogP contribution is -2.27. The quantitative estimate of drug-likeness (QED) is 0.800. The number of carbonyl (C=O) groups excluding carboxylic acids is 2. The van der Waals surface area contributed by atoms with Crippen molar-refractivity contribution in [3.05, 3.63) is 51.2 Å². The minimum absolute atomic E-state index is 0.268. The summed E-state index contributed by atoms with van der Waals surface area (Å²) in [7, 11) is 0. The molecule has 0 unspecified atom stereocenters. The molecule has 0 aliphatic rings. The molecule has 7 heteroatoms. The van der Waals surface area contributed by atoms with Crippen molar-refractivity contribution < 1.29 is 14.3 Å². The molecular formula is C14H13ClN2O3S. The highest BCUT2D eigenvalue weighted by molar-refractivity contribution is 7.12. The Labute approximate surface area is 130 Å². The highest BCUT2D eigenvalue weighted by Gasteiger charge is 2.11. The fraction of sp³-hybridized carbons (Fsp3) is 0.143. The first-order valence-electron chi connectivity index (χ1n) is 6.12. The van der Waals surface area contributed by atoms with Crippen molar-refractivity contribution in [2.75, 3.05) is 13.2 Å². The van der Waals surface area contributed by atoms with Crippen LogP contribution in [0.5, 0.6) is 5.75 Å². The predicted molar refractivity (Wildman–Crippen MR) is 82.1 cm³/mol. The molecule has 0 fully saturated rings. The maximum atomic E-state index is 11.8. The van der Waals surface area contributed by atoms with Crippen LogP contribution in [-0.2, 0) is 0 Å². The summed E-state index contributed by atoms with van der Waals surface area (Å²) in [5.41, 5.74) is 5.46. The van der Waals surface area contributed by atoms with Crippen LogP contribution in [-0.4, -0.2) is 25.0 Å². The van der Waals surface area contributed by atoms with E-state index < -0.39 is 5.91 Å². The van der Waals surface area contributed by atoms with Gasteiger partial charge in [-0.25, -0.2) is 0 Å². The molecule has 0 aliphatic heterocycles. The molecule has 0 aliphatic carbocycles. The Kier molecular flexibility index (Phi) is 5.19. The molecule has 0 saturated carbocycles. The largest absolute Gasteiger partial charge is 0.490 e. The third kappa shape index (κ3) is 4.21. The number of hydrogen-bond acceptors (Lipinski definition) is 4. The van der Waals surface area contributed by atoms with E-state index in [-0.39, 0.29) is 5.91 Å². The number of ether oxygens (including phenoxy) is 1. The van der Waals surface area contributed by atoms with E-state index in [0.717, 1.165) is 0 Å². The van der Waals surface area contributed by atoms with Crippen LogP contribution in [0.3, 0.4) is 0 Å². The van der Waals surface area contributed by atoms with E-state index in [2.05, 4.69) is 5.32 Å². The van der Waals surface area contributed by atoms with Gasteiger partial charge in [0.2, 0.25) is 5.91 Å². The average molecular weight is 325 g/mol. The number of carbonyl (C=O) groups is 2. The normalized spacial score (nSPS) is 10.1. The fourth-order valence-electron chi connectivity index (χ4n) is 1.56. The molecule has 1 aromatic heterocycles. The molecule has 0 saturated heterocycles. The zero-order valence-corrected chi connectivity index (χ0v) is 12.5. The highest BCUT2D eigenvalue weighted by Crippen LogP contribution is 2.22. The number of hydrogen-bond donors (Lipinski definition) is 2. The summed E-state index contributed by atoms with van der Waals surface area (Å²) in [4.78, 5) is 23.2. The second-order valence-electron chi connectivity index (χ2n) is 4.10. The molecule has 2 rings (SSSR count). The minimum Gasteiger partial charge on any atom is -0.490 e. The monoisotopic (exact) mass is 324 g/mol. The highest BCUT2D eigenvalue weighted by atomic mass is 35.5. The van der Waals surface area contributed by atoms with Gasteiger partial charge in [-0.2, -0.15) is 0 Å². The average Bonchev–Trinajstić information content (AvgIpc) is 2.95. The number of amides is 2. The Morgan fingerprint density at radius 2 is 2.10 bits per heavy atom. The smallest absolute Gasteiger partial charge is 0.261 e. The molecule has 2 aromatic rings. The van der Waals surface area contributed by atoms with E-state index in [1.807, 2.05) is 12.1 Å². The zero-order valence-electron chi connectivity index (χ0n) is 11.0. The molecule has 21 heavy (non-hydrogen) atoms. The van der Waals surface area contributed by atoms with Gasteiger partial charge in [-0.1, -0.05) is 23.7 Å². The number of nitrogens with two attached hydrogens (primary N) is 1. The molecule has 110 valence electrons. The number of thiophene rings is 1. The first kappa shape index (κ1) is 15.3. The lowest BCUT2D eigenvalue weighted by Gasteiger charge is -2.08. The zero-order chi connectivity index (χ0) is 15.2. The molecule has 2 amide bonds. The van der Waals surface area contributed by atoms with Crippen molar-refractivity contribution in [2.24, 2.45) is 5.73 Å². The standard InChI is InChI=1S/C14H13ClN2O3S/c15-10-3-1-2-4-11(10)20-6-5-17-14(19)12-7-9(8-21-12)13(16)18/h1-4,7-8H,5-6H2,(H2,16,18)(H,17,19). The lowest BCUT2D eigenvalue weighted by atomic mass is 10.3. The summed E-state index contributed by atoms with van der Waals surface area (Å²) in [6.07, 6.45) is 0. The second kappa shape index (κ2) is 7.10. The number of halogens is 1. The molecule has 0 radical (unpaired) electrons. The molecule has 0 spiro atoms. The van der Waals surface area contributed by atoms with Crippen molar-refractivity contribution in [2.45, 2.75) is 0 Å². The number of nitrogens with one attached hydrogen (secondary N) is 1. The maximum absolute atomic E-state index is 11.8. The third-order valence-electron chi connectivity index (χ3n) is 2.59. The molecule has 0 bridgehead atoms. The Bertz CT molecular complexity index is 657. The SMILES string of the molecule is NC(=O)c1csc(C(=O)NCCOc2ccccc2Cl)c1. The van der Waals surface area contributed by atoms with Gasteiger partial charge in [0.05, 0.1) is 22.0 Å². The summed E-state index contributed by atoms with van der Waals surface area (Å²) in [6, 6.07) is 8.58. The van der Waals surface area contributed by atoms with Crippen LogP contribution in [0.2, 0.25) is 5.02 Å². The lowest BCUT2D eigenvalue weighted by molar-refractivity contribution is 0.0951. The van der Waals surface area contributed by atoms with Gasteiger partial charge in [0.1, 0.15) is 12.4 Å². The summed E-state index contributed by atoms with van der Waals surface area (Å²) < 4.78 is 5.45. The van der Waals surface area contributed by atoms with Gasteiger partial charge in [0.15, 0.2) is 0 Å². The number of rotatable bonds is 6. The van der Waals surface area contributed by atoms with Gasteiger partial charge in [-0.05, 0) is 18.2 Å². The Balaban J connectivity index is 1.79. The summed E-state index contributed by atoms with van der Waals surface area (Å²) in [6.45, 7) is 0.622. The van der Waals surface area contributed by atoms with Crippen molar-refractivity contribution in [3.63, 3.8) is 0 Å². The Hall–Kier alpha value is -2.05. The van der Waals surface area contributed by atoms with E-state index in [1.165, 1.54) is 17.4 Å². The van der Waals surface area contributed by atoms with Gasteiger partial charge in [0.25, 0.3) is 5.91 Å². The van der Waals surface area contributed by atoms with Crippen molar-refractivity contribution in [3.8, 4) is 5.75 Å². The molecule has 0 atom stereocenters. The van der Waals surface area contributed by atoms with Crippen molar-refractivity contribution in [1.29, 1.82) is 0 Å². The van der Waals surface area contributed by atoms with Crippen LogP contribution >= 0.6 is 22.9 Å². The molecule has 1 heterocycles. The Morgan fingerprint density at radius 3 is 2.76 bits per heavy atom. The summed E-state index contributed by atoms with van der Waals surface area (Å²) in [5.74, 6) is -0.247. The van der Waals surface area contributed by atoms with E-state index >= 15 is 0 Å². The molecular weight excluding hydrogens is 312 g/mol. The minimum atomic E-state index is -0.549. The van der Waals surface area contributed by atoms with Crippen LogP contribution in [0.4, 0.5) is 0 Å². The Morgan fingerprint density at radius 1 is 1.33 bits per heavy atom. The van der Waals surface area contributed by atoms with Gasteiger partial charge >= 0.3 is 0 Å². The first-order valence-corrected chi connectivity index (χ1v) is 7.37. The number of benzene rings is 1. The van der Waals surface area contributed by atoms with E-state index in [4.69, 9.17) is 22.1 Å². The first-order chi connectivity index (χ1) is 10.1. The van der Waals surface area contributed by atoms with Gasteiger partial charge in [-0.3, -0.25) is 9.59 Å². The fourth-order valence-corrected chi connectivity index (χ4v) is 2.56. The second-order valence-corrected chi connectivity index (χ2v) is 5.42. The number of para-hydroxylation sites is 1. The van der Waals surface area contributed by atoms with Crippen molar-refractivity contribution in [1.82, 2.24) is 5.32 Å². The van der Waals surface area contributed by atoms with E-state index in [0.29, 0.717) is 34.4 Å². The van der Waals surface area contributed by atoms with Crippen LogP contribution < -0.4 is 15.8 Å². The maximum Gasteiger partial charge on any atom is 0.261 e. The van der Waals surface area contributed by atoms with Crippen LogP contribution in [0.1, 0.15) is 20.0 Å². The third-order valence-corrected chi connectivity index (χ3v) is 3.83. The molecule has 5 nitrogen and oxygen atoms in total. The van der Waals surface area contributed by atoms with Crippen molar-refractivity contribution >= 4 is 34.8 Å². The summed E-state index contributed by atoms with van der Waals surface area (Å²) >= 11 is 7.11. The van der Waals surface area contributed by atoms with Gasteiger partial charge in [-0.15, -0.1) is 11.3 Å².